The predicted molar refractivity (Wildman–Crippen MR) is 93.4 cm³/mol. The van der Waals surface area contributed by atoms with Gasteiger partial charge in [0.2, 0.25) is 5.91 Å². The molecule has 1 aromatic rings. The molecule has 3 rings (SSSR count). The van der Waals surface area contributed by atoms with Crippen LogP contribution in [0.15, 0.2) is 24.3 Å². The van der Waals surface area contributed by atoms with Crippen molar-refractivity contribution in [3.63, 3.8) is 0 Å². The number of nitrogens with zero attached hydrogens (tertiary/aromatic N) is 2. The molecule has 0 aliphatic carbocycles. The van der Waals surface area contributed by atoms with Gasteiger partial charge in [0.05, 0.1) is 31.8 Å². The molecule has 0 aromatic heterocycles. The van der Waals surface area contributed by atoms with Crippen LogP contribution in [0.1, 0.15) is 29.6 Å². The Morgan fingerprint density at radius 1 is 1.16 bits per heavy atom. The van der Waals surface area contributed by atoms with Gasteiger partial charge in [0.15, 0.2) is 0 Å². The lowest BCUT2D eigenvalue weighted by molar-refractivity contribution is -0.125. The van der Waals surface area contributed by atoms with Crippen molar-refractivity contribution < 1.29 is 19.4 Å². The van der Waals surface area contributed by atoms with Gasteiger partial charge < -0.3 is 25.4 Å². The molecule has 2 aliphatic heterocycles. The Balaban J connectivity index is 1.66. The molecule has 1 unspecified atom stereocenters. The second-order valence-corrected chi connectivity index (χ2v) is 6.84. The number of primary amides is 1. The lowest BCUT2D eigenvalue weighted by Crippen LogP contribution is -2.51. The fraction of sp³-hybridized carbons (Fsp3) is 0.556. The molecule has 2 fully saturated rings. The average molecular weight is 347 g/mol. The lowest BCUT2D eigenvalue weighted by atomic mass is 9.89. The highest BCUT2D eigenvalue weighted by Gasteiger charge is 2.36. The van der Waals surface area contributed by atoms with Crippen molar-refractivity contribution in [3.8, 4) is 0 Å². The minimum Gasteiger partial charge on any atom is -0.388 e. The number of hydrogen-bond donors (Lipinski definition) is 2. The fourth-order valence-corrected chi connectivity index (χ4v) is 3.57. The van der Waals surface area contributed by atoms with Crippen LogP contribution < -0.4 is 10.6 Å². The van der Waals surface area contributed by atoms with Crippen molar-refractivity contribution in [3.05, 3.63) is 29.8 Å². The van der Waals surface area contributed by atoms with Crippen molar-refractivity contribution in [1.82, 2.24) is 4.90 Å². The van der Waals surface area contributed by atoms with Gasteiger partial charge in [-0.15, -0.1) is 0 Å². The molecule has 7 nitrogen and oxygen atoms in total. The average Bonchev–Trinajstić information content (AvgIpc) is 2.61. The lowest BCUT2D eigenvalue weighted by Gasteiger charge is -2.38. The standard InChI is InChI=1S/C18H25N3O4/c19-16(22)12-18(24)6-1-7-21(13-18)17(23)14-2-4-15(5-3-14)20-8-10-25-11-9-20/h2-5,24H,1,6-13H2,(H2,19,22). The summed E-state index contributed by atoms with van der Waals surface area (Å²) in [5, 5.41) is 10.5. The van der Waals surface area contributed by atoms with Crippen LogP contribution in [-0.2, 0) is 9.53 Å². The number of anilines is 1. The third kappa shape index (κ3) is 4.29. The Hall–Kier alpha value is -2.12. The van der Waals surface area contributed by atoms with Crippen LogP contribution in [0.5, 0.6) is 0 Å². The van der Waals surface area contributed by atoms with Crippen LogP contribution in [0.4, 0.5) is 5.69 Å². The maximum Gasteiger partial charge on any atom is 0.253 e. The van der Waals surface area contributed by atoms with E-state index in [2.05, 4.69) is 4.90 Å². The van der Waals surface area contributed by atoms with Crippen LogP contribution >= 0.6 is 0 Å². The monoisotopic (exact) mass is 347 g/mol. The molecule has 2 aliphatic rings. The summed E-state index contributed by atoms with van der Waals surface area (Å²) in [7, 11) is 0. The summed E-state index contributed by atoms with van der Waals surface area (Å²) in [6.45, 7) is 3.84. The topological polar surface area (TPSA) is 96.1 Å². The number of β-amino-alcohol motifs (C(OH)–C–C–N with tert-alkyl or cyclic N) is 1. The van der Waals surface area contributed by atoms with Crippen molar-refractivity contribution in [1.29, 1.82) is 0 Å². The number of hydrogen-bond acceptors (Lipinski definition) is 5. The number of benzene rings is 1. The number of likely N-dealkylation sites (tertiary alicyclic amines) is 1. The number of nitrogens with two attached hydrogens (primary N) is 1. The Bertz CT molecular complexity index is 628. The van der Waals surface area contributed by atoms with E-state index in [0.717, 1.165) is 18.8 Å². The molecule has 1 atom stereocenters. The number of aliphatic hydroxyl groups is 1. The fourth-order valence-electron chi connectivity index (χ4n) is 3.57. The molecule has 25 heavy (non-hydrogen) atoms. The first-order valence-electron chi connectivity index (χ1n) is 8.70. The van der Waals surface area contributed by atoms with Gasteiger partial charge in [-0.2, -0.15) is 0 Å². The zero-order valence-electron chi connectivity index (χ0n) is 14.3. The molecule has 0 bridgehead atoms. The van der Waals surface area contributed by atoms with Crippen molar-refractivity contribution >= 4 is 17.5 Å². The first-order chi connectivity index (χ1) is 12.0. The minimum absolute atomic E-state index is 0.118. The van der Waals surface area contributed by atoms with E-state index in [1.54, 1.807) is 4.90 Å². The number of ether oxygens (including phenoxy) is 1. The van der Waals surface area contributed by atoms with E-state index in [0.29, 0.717) is 38.2 Å². The normalized spacial score (nSPS) is 24.2. The highest BCUT2D eigenvalue weighted by Crippen LogP contribution is 2.26. The van der Waals surface area contributed by atoms with E-state index in [1.807, 2.05) is 24.3 Å². The summed E-state index contributed by atoms with van der Waals surface area (Å²) >= 11 is 0. The first kappa shape index (κ1) is 17.7. The van der Waals surface area contributed by atoms with E-state index in [1.165, 1.54) is 0 Å². The van der Waals surface area contributed by atoms with Gasteiger partial charge in [0.25, 0.3) is 5.91 Å². The quantitative estimate of drug-likeness (QED) is 0.820. The van der Waals surface area contributed by atoms with Gasteiger partial charge in [0.1, 0.15) is 0 Å². The highest BCUT2D eigenvalue weighted by molar-refractivity contribution is 5.94. The molecule has 136 valence electrons. The number of amides is 2. The minimum atomic E-state index is -1.21. The molecular formula is C18H25N3O4. The van der Waals surface area contributed by atoms with Crippen LogP contribution in [0.25, 0.3) is 0 Å². The number of rotatable bonds is 4. The molecule has 3 N–H and O–H groups in total. The van der Waals surface area contributed by atoms with Crippen molar-refractivity contribution in [2.75, 3.05) is 44.3 Å². The van der Waals surface area contributed by atoms with Crippen LogP contribution in [0, 0.1) is 0 Å². The summed E-state index contributed by atoms with van der Waals surface area (Å²) in [5.74, 6) is -0.678. The zero-order valence-corrected chi connectivity index (χ0v) is 14.3. The third-order valence-electron chi connectivity index (χ3n) is 4.84. The van der Waals surface area contributed by atoms with Gasteiger partial charge in [-0.3, -0.25) is 9.59 Å². The SMILES string of the molecule is NC(=O)CC1(O)CCCN(C(=O)c2ccc(N3CCOCC3)cc2)C1. The molecule has 0 spiro atoms. The van der Waals surface area contributed by atoms with E-state index >= 15 is 0 Å². The van der Waals surface area contributed by atoms with Gasteiger partial charge >= 0.3 is 0 Å². The Labute approximate surface area is 147 Å². The van der Waals surface area contributed by atoms with Crippen molar-refractivity contribution in [2.24, 2.45) is 5.73 Å². The zero-order chi connectivity index (χ0) is 17.9. The Morgan fingerprint density at radius 3 is 2.48 bits per heavy atom. The molecule has 2 saturated heterocycles. The highest BCUT2D eigenvalue weighted by atomic mass is 16.5. The van der Waals surface area contributed by atoms with Crippen molar-refractivity contribution in [2.45, 2.75) is 24.9 Å². The largest absolute Gasteiger partial charge is 0.388 e. The summed E-state index contributed by atoms with van der Waals surface area (Å²) in [6.07, 6.45) is 1.02. The maximum absolute atomic E-state index is 12.7. The number of carbonyl (C=O) groups excluding carboxylic acids is 2. The molecular weight excluding hydrogens is 322 g/mol. The molecule has 2 heterocycles. The number of piperidine rings is 1. The van der Waals surface area contributed by atoms with E-state index in [-0.39, 0.29) is 18.9 Å². The summed E-state index contributed by atoms with van der Waals surface area (Å²) < 4.78 is 5.35. The van der Waals surface area contributed by atoms with Gasteiger partial charge in [-0.1, -0.05) is 0 Å². The van der Waals surface area contributed by atoms with Gasteiger partial charge in [-0.05, 0) is 37.1 Å². The van der Waals surface area contributed by atoms with Crippen LogP contribution in [0.3, 0.4) is 0 Å². The smallest absolute Gasteiger partial charge is 0.253 e. The number of carbonyl (C=O) groups is 2. The molecule has 7 heteroatoms. The van der Waals surface area contributed by atoms with Gasteiger partial charge in [0, 0.05) is 30.9 Å². The summed E-state index contributed by atoms with van der Waals surface area (Å²) in [4.78, 5) is 27.7. The summed E-state index contributed by atoms with van der Waals surface area (Å²) in [5.41, 5.74) is 5.65. The second-order valence-electron chi connectivity index (χ2n) is 6.84. The van der Waals surface area contributed by atoms with Crippen LogP contribution in [0.2, 0.25) is 0 Å². The van der Waals surface area contributed by atoms with Crippen LogP contribution in [-0.4, -0.2) is 66.8 Å². The van der Waals surface area contributed by atoms with E-state index in [4.69, 9.17) is 10.5 Å². The number of morpholine rings is 1. The predicted octanol–water partition coefficient (Wildman–Crippen LogP) is 0.366. The molecule has 0 saturated carbocycles. The molecule has 0 radical (unpaired) electrons. The van der Waals surface area contributed by atoms with E-state index in [9.17, 15) is 14.7 Å². The Morgan fingerprint density at radius 2 is 1.84 bits per heavy atom. The molecule has 1 aromatic carbocycles. The maximum atomic E-state index is 12.7. The van der Waals surface area contributed by atoms with E-state index < -0.39 is 11.5 Å². The molecule has 2 amide bonds. The summed E-state index contributed by atoms with van der Waals surface area (Å²) in [6, 6.07) is 7.51. The third-order valence-corrected chi connectivity index (χ3v) is 4.84. The second kappa shape index (κ2) is 7.41. The van der Waals surface area contributed by atoms with Gasteiger partial charge in [-0.25, -0.2) is 0 Å². The Kier molecular flexibility index (Phi) is 5.24. The first-order valence-corrected chi connectivity index (χ1v) is 8.70.